The van der Waals surface area contributed by atoms with Crippen LogP contribution >= 0.6 is 0 Å². The van der Waals surface area contributed by atoms with Crippen LogP contribution in [0.1, 0.15) is 34.6 Å². The van der Waals surface area contributed by atoms with Crippen molar-refractivity contribution in [1.82, 2.24) is 24.1 Å². The van der Waals surface area contributed by atoms with Gasteiger partial charge in [-0.05, 0) is 20.8 Å². The van der Waals surface area contributed by atoms with E-state index in [9.17, 15) is 0 Å². The van der Waals surface area contributed by atoms with E-state index in [0.29, 0.717) is 5.82 Å². The molecule has 3 rings (SSSR count). The Hall–Kier alpha value is -2.96. The molecule has 0 fully saturated rings. The van der Waals surface area contributed by atoms with Gasteiger partial charge in [0.2, 0.25) is 0 Å². The van der Waals surface area contributed by atoms with Crippen LogP contribution in [0.2, 0.25) is 0 Å². The van der Waals surface area contributed by atoms with E-state index in [1.165, 1.54) is 0 Å². The molecule has 0 spiro atoms. The monoisotopic (exact) mass is 339 g/mol. The first kappa shape index (κ1) is 18.4. The van der Waals surface area contributed by atoms with E-state index in [4.69, 9.17) is 0 Å². The number of amidine groups is 1. The maximum Gasteiger partial charge on any atom is 0.180 e. The van der Waals surface area contributed by atoms with Crippen LogP contribution in [0.15, 0.2) is 47.7 Å². The summed E-state index contributed by atoms with van der Waals surface area (Å²) >= 11 is 0. The lowest BCUT2D eigenvalue weighted by Crippen LogP contribution is -2.09. The van der Waals surface area contributed by atoms with Crippen molar-refractivity contribution in [3.63, 3.8) is 0 Å². The largest absolute Gasteiger partial charge is 0.326 e. The van der Waals surface area contributed by atoms with Crippen LogP contribution in [0, 0.1) is 0 Å². The fourth-order valence-electron chi connectivity index (χ4n) is 2.20. The number of allylic oxidation sites excluding steroid dienone is 1. The van der Waals surface area contributed by atoms with Crippen LogP contribution in [0.4, 0.5) is 5.82 Å². The molecule has 7 heteroatoms. The molecule has 3 heterocycles. The van der Waals surface area contributed by atoms with Crippen LogP contribution in [-0.2, 0) is 7.05 Å². The van der Waals surface area contributed by atoms with E-state index in [1.54, 1.807) is 10.9 Å². The molecule has 0 saturated carbocycles. The van der Waals surface area contributed by atoms with E-state index >= 15 is 0 Å². The maximum atomic E-state index is 4.48. The molecule has 0 aliphatic rings. The van der Waals surface area contributed by atoms with Crippen molar-refractivity contribution in [2.75, 3.05) is 5.32 Å². The second-order valence-electron chi connectivity index (χ2n) is 5.56. The third kappa shape index (κ3) is 4.32. The van der Waals surface area contributed by atoms with Crippen molar-refractivity contribution in [1.29, 1.82) is 0 Å². The summed E-state index contributed by atoms with van der Waals surface area (Å²) in [6.07, 6.45) is 11.0. The molecule has 3 aromatic rings. The van der Waals surface area contributed by atoms with Crippen molar-refractivity contribution in [2.24, 2.45) is 12.0 Å². The SMILES string of the molecule is CC.CC(C)=CN=C(C)Nc1nccn2c(-c3cnn(C)c3)cnc12. The average Bonchev–Trinajstić information content (AvgIpc) is 3.21. The maximum absolute atomic E-state index is 4.48. The van der Waals surface area contributed by atoms with E-state index < -0.39 is 0 Å². The van der Waals surface area contributed by atoms with Crippen LogP contribution < -0.4 is 5.32 Å². The Labute approximate surface area is 148 Å². The molecule has 0 atom stereocenters. The lowest BCUT2D eigenvalue weighted by molar-refractivity contribution is 0.768. The molecule has 0 aliphatic heterocycles. The molecule has 0 aromatic carbocycles. The summed E-state index contributed by atoms with van der Waals surface area (Å²) in [4.78, 5) is 13.2. The zero-order valence-corrected chi connectivity index (χ0v) is 15.6. The molecule has 0 bridgehead atoms. The minimum atomic E-state index is 0.672. The van der Waals surface area contributed by atoms with Crippen molar-refractivity contribution < 1.29 is 0 Å². The van der Waals surface area contributed by atoms with E-state index in [-0.39, 0.29) is 0 Å². The number of anilines is 1. The van der Waals surface area contributed by atoms with Crippen molar-refractivity contribution in [2.45, 2.75) is 34.6 Å². The summed E-state index contributed by atoms with van der Waals surface area (Å²) in [5.74, 6) is 1.43. The third-order valence-electron chi connectivity index (χ3n) is 3.24. The molecule has 7 nitrogen and oxygen atoms in total. The van der Waals surface area contributed by atoms with Gasteiger partial charge in [-0.15, -0.1) is 0 Å². The highest BCUT2D eigenvalue weighted by Gasteiger charge is 2.11. The van der Waals surface area contributed by atoms with Crippen LogP contribution in [0.3, 0.4) is 0 Å². The number of hydrogen-bond acceptors (Lipinski definition) is 4. The van der Waals surface area contributed by atoms with Gasteiger partial charge in [-0.1, -0.05) is 19.4 Å². The zero-order valence-electron chi connectivity index (χ0n) is 15.6. The molecule has 132 valence electrons. The molecule has 0 aliphatic carbocycles. The first-order chi connectivity index (χ1) is 12.0. The number of rotatable bonds is 3. The summed E-state index contributed by atoms with van der Waals surface area (Å²) < 4.78 is 3.76. The summed E-state index contributed by atoms with van der Waals surface area (Å²) in [5.41, 5.74) is 3.86. The third-order valence-corrected chi connectivity index (χ3v) is 3.24. The molecular weight excluding hydrogens is 314 g/mol. The quantitative estimate of drug-likeness (QED) is 0.580. The topological polar surface area (TPSA) is 72.4 Å². The van der Waals surface area contributed by atoms with Gasteiger partial charge < -0.3 is 5.32 Å². The fraction of sp³-hybridized carbons (Fsp3) is 0.333. The minimum Gasteiger partial charge on any atom is -0.326 e. The highest BCUT2D eigenvalue weighted by atomic mass is 15.2. The number of nitrogens with zero attached hydrogens (tertiary/aromatic N) is 6. The fourth-order valence-corrected chi connectivity index (χ4v) is 2.20. The summed E-state index contributed by atoms with van der Waals surface area (Å²) in [5, 5.41) is 7.41. The Morgan fingerprint density at radius 1 is 1.16 bits per heavy atom. The normalized spacial score (nSPS) is 11.0. The standard InChI is InChI=1S/C16H19N7.C2H6/c1-11(2)7-18-12(3)21-15-16-19-9-14(23(16)6-5-17-15)13-8-20-22(4)10-13;1-2/h5-10H,1-4H3,(H,17,18,21);1-2H3. The number of nitrogens with one attached hydrogen (secondary N) is 1. The zero-order chi connectivity index (χ0) is 18.4. The molecule has 25 heavy (non-hydrogen) atoms. The van der Waals surface area contributed by atoms with Gasteiger partial charge in [0.1, 0.15) is 5.84 Å². The molecule has 3 aromatic heterocycles. The average molecular weight is 339 g/mol. The molecule has 0 amide bonds. The van der Waals surface area contributed by atoms with Crippen LogP contribution in [0.5, 0.6) is 0 Å². The Kier molecular flexibility index (Phi) is 6.05. The lowest BCUT2D eigenvalue weighted by atomic mass is 10.3. The van der Waals surface area contributed by atoms with Crippen molar-refractivity contribution in [3.8, 4) is 11.3 Å². The Balaban J connectivity index is 0.00000109. The van der Waals surface area contributed by atoms with Gasteiger partial charge in [-0.25, -0.2) is 15.0 Å². The van der Waals surface area contributed by atoms with Crippen LogP contribution in [0.25, 0.3) is 16.9 Å². The van der Waals surface area contributed by atoms with Gasteiger partial charge in [-0.3, -0.25) is 9.08 Å². The van der Waals surface area contributed by atoms with Gasteiger partial charge in [0.15, 0.2) is 11.5 Å². The number of aromatic nitrogens is 5. The first-order valence-corrected chi connectivity index (χ1v) is 8.30. The van der Waals surface area contributed by atoms with Gasteiger partial charge in [0.05, 0.1) is 18.1 Å². The number of aliphatic imine (C=N–C) groups is 1. The highest BCUT2D eigenvalue weighted by Crippen LogP contribution is 2.22. The number of imidazole rings is 1. The summed E-state index contributed by atoms with van der Waals surface area (Å²) in [6, 6.07) is 0. The number of aryl methyl sites for hydroxylation is 1. The van der Waals surface area contributed by atoms with E-state index in [1.807, 2.05) is 77.1 Å². The lowest BCUT2D eigenvalue weighted by Gasteiger charge is -2.06. The Morgan fingerprint density at radius 2 is 1.92 bits per heavy atom. The Morgan fingerprint density at radius 3 is 2.56 bits per heavy atom. The Bertz CT molecular complexity index is 895. The van der Waals surface area contributed by atoms with Gasteiger partial charge >= 0.3 is 0 Å². The summed E-state index contributed by atoms with van der Waals surface area (Å²) in [6.45, 7) is 9.91. The minimum absolute atomic E-state index is 0.672. The van der Waals surface area contributed by atoms with E-state index in [0.717, 1.165) is 28.3 Å². The smallest absolute Gasteiger partial charge is 0.180 e. The van der Waals surface area contributed by atoms with Crippen LogP contribution in [-0.4, -0.2) is 30.0 Å². The molecule has 0 radical (unpaired) electrons. The second kappa shape index (κ2) is 8.23. The number of hydrogen-bond donors (Lipinski definition) is 1. The van der Waals surface area contributed by atoms with Crippen molar-refractivity contribution in [3.05, 3.63) is 42.8 Å². The van der Waals surface area contributed by atoms with Gasteiger partial charge in [0.25, 0.3) is 0 Å². The predicted molar refractivity (Wildman–Crippen MR) is 103 cm³/mol. The molecule has 0 unspecified atom stereocenters. The van der Waals surface area contributed by atoms with Gasteiger partial charge in [0, 0.05) is 37.4 Å². The molecule has 1 N–H and O–H groups in total. The highest BCUT2D eigenvalue weighted by molar-refractivity contribution is 5.95. The summed E-state index contributed by atoms with van der Waals surface area (Å²) in [7, 11) is 1.89. The second-order valence-corrected chi connectivity index (χ2v) is 5.56. The van der Waals surface area contributed by atoms with Gasteiger partial charge in [-0.2, -0.15) is 5.10 Å². The first-order valence-electron chi connectivity index (χ1n) is 8.30. The van der Waals surface area contributed by atoms with Crippen molar-refractivity contribution >= 4 is 17.3 Å². The van der Waals surface area contributed by atoms with E-state index in [2.05, 4.69) is 25.4 Å². The molecular formula is C18H25N7. The molecule has 0 saturated heterocycles. The predicted octanol–water partition coefficient (Wildman–Crippen LogP) is 3.91. The number of fused-ring (bicyclic) bond motifs is 1.